The van der Waals surface area contributed by atoms with Crippen LogP contribution in [0.4, 0.5) is 0 Å². The van der Waals surface area contributed by atoms with E-state index in [9.17, 15) is 13.0 Å². The van der Waals surface area contributed by atoms with E-state index in [-0.39, 0.29) is 4.90 Å². The minimum atomic E-state index is -4.18. The molecule has 0 saturated carbocycles. The highest BCUT2D eigenvalue weighted by atomic mass is 35.5. The number of halogens is 1. The molecule has 0 aliphatic heterocycles. The Bertz CT molecular complexity index is 706. The molecule has 0 radical (unpaired) electrons. The minimum Gasteiger partial charge on any atom is -0.282 e. The first-order valence-corrected chi connectivity index (χ1v) is 7.99. The zero-order chi connectivity index (χ0) is 14.8. The van der Waals surface area contributed by atoms with E-state index >= 15 is 0 Å². The molecule has 0 amide bonds. The van der Waals surface area contributed by atoms with Gasteiger partial charge in [0.25, 0.3) is 10.1 Å². The van der Waals surface area contributed by atoms with Gasteiger partial charge < -0.3 is 0 Å². The van der Waals surface area contributed by atoms with E-state index in [1.807, 2.05) is 19.1 Å². The van der Waals surface area contributed by atoms with Crippen molar-refractivity contribution in [2.24, 2.45) is 0 Å². The van der Waals surface area contributed by atoms with Crippen LogP contribution >= 0.6 is 11.6 Å². The average molecular weight is 311 g/mol. The third-order valence-corrected chi connectivity index (χ3v) is 4.30. The topological polar surface area (TPSA) is 54.4 Å². The van der Waals surface area contributed by atoms with Crippen LogP contribution in [0.5, 0.6) is 0 Å². The van der Waals surface area contributed by atoms with Gasteiger partial charge in [-0.15, -0.1) is 0 Å². The maximum absolute atomic E-state index is 11.4. The summed E-state index contributed by atoms with van der Waals surface area (Å²) in [6, 6.07) is 12.3. The summed E-state index contributed by atoms with van der Waals surface area (Å²) in [7, 11) is -4.18. The van der Waals surface area contributed by atoms with Crippen LogP contribution in [0, 0.1) is 6.92 Å². The van der Waals surface area contributed by atoms with Gasteiger partial charge in [-0.3, -0.25) is 4.55 Å². The molecule has 0 saturated heterocycles. The van der Waals surface area contributed by atoms with E-state index in [4.69, 9.17) is 11.6 Å². The molecule has 0 fully saturated rings. The third kappa shape index (κ3) is 3.82. The Hall–Kier alpha value is -1.36. The first kappa shape index (κ1) is 15.0. The van der Waals surface area contributed by atoms with E-state index in [1.54, 1.807) is 24.3 Å². The summed E-state index contributed by atoms with van der Waals surface area (Å²) < 4.78 is 32.0. The summed E-state index contributed by atoms with van der Waals surface area (Å²) in [5.74, 6) is 0. The molecular weight excluding hydrogens is 296 g/mol. The fourth-order valence-corrected chi connectivity index (χ4v) is 2.94. The van der Waals surface area contributed by atoms with Crippen molar-refractivity contribution in [3.63, 3.8) is 0 Å². The molecule has 0 heterocycles. The molecule has 2 aromatic rings. The second kappa shape index (κ2) is 5.95. The number of hydrogen-bond acceptors (Lipinski definition) is 2. The van der Waals surface area contributed by atoms with Gasteiger partial charge >= 0.3 is 0 Å². The van der Waals surface area contributed by atoms with Gasteiger partial charge in [0.1, 0.15) is 0 Å². The van der Waals surface area contributed by atoms with Crippen molar-refractivity contribution in [1.29, 1.82) is 0 Å². The number of aryl methyl sites for hydroxylation is 3. The Labute approximate surface area is 124 Å². The first-order valence-electron chi connectivity index (χ1n) is 6.18. The molecule has 2 rings (SSSR count). The van der Waals surface area contributed by atoms with Gasteiger partial charge in [-0.05, 0) is 49.1 Å². The summed E-state index contributed by atoms with van der Waals surface area (Å²) >= 11 is 5.82. The molecule has 2 aromatic carbocycles. The van der Waals surface area contributed by atoms with E-state index < -0.39 is 10.1 Å². The molecule has 20 heavy (non-hydrogen) atoms. The molecular formula is C15H15ClO3S. The lowest BCUT2D eigenvalue weighted by Crippen LogP contribution is -2.04. The van der Waals surface area contributed by atoms with Crippen LogP contribution < -0.4 is 0 Å². The second-order valence-electron chi connectivity index (χ2n) is 4.71. The molecule has 0 spiro atoms. The fraction of sp³-hybridized carbons (Fsp3) is 0.200. The van der Waals surface area contributed by atoms with Crippen molar-refractivity contribution in [2.45, 2.75) is 24.7 Å². The second-order valence-corrected chi connectivity index (χ2v) is 6.54. The van der Waals surface area contributed by atoms with Crippen molar-refractivity contribution in [2.75, 3.05) is 0 Å². The smallest absolute Gasteiger partial charge is 0.282 e. The van der Waals surface area contributed by atoms with Crippen LogP contribution in [0.2, 0.25) is 5.02 Å². The van der Waals surface area contributed by atoms with Crippen LogP contribution in [0.15, 0.2) is 47.4 Å². The molecule has 1 N–H and O–H groups in total. The monoisotopic (exact) mass is 310 g/mol. The van der Waals surface area contributed by atoms with Crippen molar-refractivity contribution in [3.05, 3.63) is 64.2 Å². The average Bonchev–Trinajstić information content (AvgIpc) is 2.36. The number of benzene rings is 2. The van der Waals surface area contributed by atoms with E-state index in [0.717, 1.165) is 11.1 Å². The Balaban J connectivity index is 2.25. The molecule has 0 aromatic heterocycles. The normalized spacial score (nSPS) is 11.6. The minimum absolute atomic E-state index is 0.0166. The van der Waals surface area contributed by atoms with Crippen LogP contribution in [-0.4, -0.2) is 13.0 Å². The third-order valence-electron chi connectivity index (χ3n) is 3.09. The van der Waals surface area contributed by atoms with Gasteiger partial charge in [-0.1, -0.05) is 41.4 Å². The Morgan fingerprint density at radius 2 is 1.70 bits per heavy atom. The molecule has 3 nitrogen and oxygen atoms in total. The highest BCUT2D eigenvalue weighted by molar-refractivity contribution is 7.85. The standard InChI is InChI=1S/C15H15ClO3S/c1-11-2-9-15(20(17,18)19)13(10-11)6-3-12-4-7-14(16)8-5-12/h2,4-5,7-10H,3,6H2,1H3,(H,17,18,19). The summed E-state index contributed by atoms with van der Waals surface area (Å²) in [6.07, 6.45) is 1.22. The van der Waals surface area contributed by atoms with Gasteiger partial charge in [-0.2, -0.15) is 8.42 Å². The maximum atomic E-state index is 11.4. The zero-order valence-corrected chi connectivity index (χ0v) is 12.6. The molecule has 0 unspecified atom stereocenters. The van der Waals surface area contributed by atoms with E-state index in [1.165, 1.54) is 6.07 Å². The van der Waals surface area contributed by atoms with Crippen LogP contribution in [-0.2, 0) is 23.0 Å². The number of hydrogen-bond donors (Lipinski definition) is 1. The van der Waals surface area contributed by atoms with Crippen molar-refractivity contribution in [1.82, 2.24) is 0 Å². The maximum Gasteiger partial charge on any atom is 0.294 e. The molecule has 0 bridgehead atoms. The number of rotatable bonds is 4. The van der Waals surface area contributed by atoms with Gasteiger partial charge in [0.2, 0.25) is 0 Å². The van der Waals surface area contributed by atoms with Crippen molar-refractivity contribution < 1.29 is 13.0 Å². The molecule has 0 atom stereocenters. The lowest BCUT2D eigenvalue weighted by molar-refractivity contribution is 0.482. The summed E-state index contributed by atoms with van der Waals surface area (Å²) in [4.78, 5) is -0.0166. The zero-order valence-electron chi connectivity index (χ0n) is 11.0. The highest BCUT2D eigenvalue weighted by Crippen LogP contribution is 2.20. The summed E-state index contributed by atoms with van der Waals surface area (Å²) in [5, 5.41) is 0.669. The Kier molecular flexibility index (Phi) is 4.48. The Morgan fingerprint density at radius 3 is 2.30 bits per heavy atom. The summed E-state index contributed by atoms with van der Waals surface area (Å²) in [5.41, 5.74) is 2.66. The summed E-state index contributed by atoms with van der Waals surface area (Å²) in [6.45, 7) is 1.89. The van der Waals surface area contributed by atoms with Gasteiger partial charge in [0.15, 0.2) is 0 Å². The molecule has 0 aliphatic carbocycles. The molecule has 5 heteroatoms. The van der Waals surface area contributed by atoms with Crippen molar-refractivity contribution >= 4 is 21.7 Å². The largest absolute Gasteiger partial charge is 0.294 e. The van der Waals surface area contributed by atoms with Gasteiger partial charge in [0.05, 0.1) is 4.90 Å². The highest BCUT2D eigenvalue weighted by Gasteiger charge is 2.15. The van der Waals surface area contributed by atoms with E-state index in [0.29, 0.717) is 23.4 Å². The van der Waals surface area contributed by atoms with E-state index in [2.05, 4.69) is 0 Å². The van der Waals surface area contributed by atoms with Gasteiger partial charge in [-0.25, -0.2) is 0 Å². The SMILES string of the molecule is Cc1ccc(S(=O)(=O)O)c(CCc2ccc(Cl)cc2)c1. The first-order chi connectivity index (χ1) is 9.36. The van der Waals surface area contributed by atoms with Crippen LogP contribution in [0.1, 0.15) is 16.7 Å². The Morgan fingerprint density at radius 1 is 1.05 bits per heavy atom. The quantitative estimate of drug-likeness (QED) is 0.876. The predicted octanol–water partition coefficient (Wildman–Crippen LogP) is 3.68. The lowest BCUT2D eigenvalue weighted by Gasteiger charge is -2.08. The molecule has 0 aliphatic rings. The molecule has 106 valence electrons. The predicted molar refractivity (Wildman–Crippen MR) is 79.9 cm³/mol. The lowest BCUT2D eigenvalue weighted by atomic mass is 10.0. The van der Waals surface area contributed by atoms with Crippen LogP contribution in [0.25, 0.3) is 0 Å². The van der Waals surface area contributed by atoms with Crippen LogP contribution in [0.3, 0.4) is 0 Å². The van der Waals surface area contributed by atoms with Gasteiger partial charge in [0, 0.05) is 5.02 Å². The fourth-order valence-electron chi connectivity index (χ4n) is 2.09. The van der Waals surface area contributed by atoms with Crippen molar-refractivity contribution in [3.8, 4) is 0 Å².